The summed E-state index contributed by atoms with van der Waals surface area (Å²) < 4.78 is 37.5. The molecule has 0 saturated carbocycles. The minimum atomic E-state index is -4.30. The largest absolute Gasteiger partial charge is 0.418 e. The second kappa shape index (κ2) is 5.02. The van der Waals surface area contributed by atoms with Crippen molar-refractivity contribution in [2.75, 3.05) is 25.5 Å². The Labute approximate surface area is 86.5 Å². The Kier molecular flexibility index (Phi) is 3.96. The van der Waals surface area contributed by atoms with E-state index >= 15 is 0 Å². The van der Waals surface area contributed by atoms with E-state index in [4.69, 9.17) is 0 Å². The van der Waals surface area contributed by atoms with Gasteiger partial charge in [0.05, 0.1) is 5.56 Å². The number of nitrogens with one attached hydrogen (secondary N) is 2. The monoisotopic (exact) mass is 218 g/mol. The number of hydrogen-bond acceptors (Lipinski definition) is 2. The van der Waals surface area contributed by atoms with Crippen molar-refractivity contribution in [3.05, 3.63) is 29.8 Å². The summed E-state index contributed by atoms with van der Waals surface area (Å²) in [7, 11) is 1.75. The second-order valence-electron chi connectivity index (χ2n) is 3.07. The topological polar surface area (TPSA) is 24.1 Å². The summed E-state index contributed by atoms with van der Waals surface area (Å²) in [5.41, 5.74) is -0.499. The van der Waals surface area contributed by atoms with E-state index in [1.54, 1.807) is 13.1 Å². The molecule has 1 rings (SSSR count). The maximum Gasteiger partial charge on any atom is 0.418 e. The molecule has 0 heterocycles. The van der Waals surface area contributed by atoms with Crippen LogP contribution in [0.5, 0.6) is 0 Å². The molecule has 0 spiro atoms. The Morgan fingerprint density at radius 2 is 1.80 bits per heavy atom. The minimum Gasteiger partial charge on any atom is -0.383 e. The van der Waals surface area contributed by atoms with Gasteiger partial charge in [0, 0.05) is 18.8 Å². The highest BCUT2D eigenvalue weighted by Gasteiger charge is 2.32. The first-order valence-corrected chi connectivity index (χ1v) is 4.60. The van der Waals surface area contributed by atoms with E-state index in [2.05, 4.69) is 10.6 Å². The van der Waals surface area contributed by atoms with Gasteiger partial charge in [-0.2, -0.15) is 13.2 Å². The van der Waals surface area contributed by atoms with Crippen molar-refractivity contribution in [3.63, 3.8) is 0 Å². The number of benzene rings is 1. The molecule has 0 bridgehead atoms. The summed E-state index contributed by atoms with van der Waals surface area (Å²) in [5.74, 6) is 0. The zero-order valence-electron chi connectivity index (χ0n) is 8.36. The fourth-order valence-electron chi connectivity index (χ4n) is 1.21. The predicted octanol–water partition coefficient (Wildman–Crippen LogP) is 2.34. The molecular weight excluding hydrogens is 205 g/mol. The van der Waals surface area contributed by atoms with Gasteiger partial charge in [-0.05, 0) is 19.2 Å². The Hall–Kier alpha value is -1.23. The minimum absolute atomic E-state index is 0.125. The van der Waals surface area contributed by atoms with Crippen molar-refractivity contribution < 1.29 is 13.2 Å². The maximum absolute atomic E-state index is 12.5. The Morgan fingerprint density at radius 1 is 1.13 bits per heavy atom. The van der Waals surface area contributed by atoms with Crippen LogP contribution in [0.2, 0.25) is 0 Å². The van der Waals surface area contributed by atoms with Gasteiger partial charge >= 0.3 is 6.18 Å². The van der Waals surface area contributed by atoms with Gasteiger partial charge in [0.1, 0.15) is 0 Å². The summed E-state index contributed by atoms with van der Waals surface area (Å²) >= 11 is 0. The molecule has 0 aliphatic rings. The molecule has 84 valence electrons. The lowest BCUT2D eigenvalue weighted by Crippen LogP contribution is -2.19. The smallest absolute Gasteiger partial charge is 0.383 e. The van der Waals surface area contributed by atoms with E-state index < -0.39 is 11.7 Å². The molecule has 0 aromatic heterocycles. The summed E-state index contributed by atoms with van der Waals surface area (Å²) in [6.45, 7) is 1.08. The van der Waals surface area contributed by atoms with Crippen LogP contribution < -0.4 is 10.6 Å². The fourth-order valence-corrected chi connectivity index (χ4v) is 1.21. The van der Waals surface area contributed by atoms with Crippen molar-refractivity contribution >= 4 is 5.69 Å². The number of rotatable bonds is 4. The zero-order chi connectivity index (χ0) is 11.3. The van der Waals surface area contributed by atoms with E-state index in [-0.39, 0.29) is 5.69 Å². The second-order valence-corrected chi connectivity index (χ2v) is 3.07. The molecule has 15 heavy (non-hydrogen) atoms. The van der Waals surface area contributed by atoms with E-state index in [0.29, 0.717) is 13.1 Å². The normalized spacial score (nSPS) is 11.5. The molecule has 1 aromatic rings. The summed E-state index contributed by atoms with van der Waals surface area (Å²) in [5, 5.41) is 5.59. The predicted molar refractivity (Wildman–Crippen MR) is 53.9 cm³/mol. The number of anilines is 1. The quantitative estimate of drug-likeness (QED) is 0.758. The standard InChI is InChI=1S/C10H13F3N2/c1-14-6-7-15-9-5-3-2-4-8(9)10(11,12)13/h2-5,14-15H,6-7H2,1H3. The molecule has 2 N–H and O–H groups in total. The number of halogens is 3. The van der Waals surface area contributed by atoms with Gasteiger partial charge < -0.3 is 10.6 Å². The Bertz CT molecular complexity index is 310. The van der Waals surface area contributed by atoms with Crippen LogP contribution in [-0.2, 0) is 6.18 Å². The van der Waals surface area contributed by atoms with Gasteiger partial charge in [0.15, 0.2) is 0 Å². The van der Waals surface area contributed by atoms with E-state index in [9.17, 15) is 13.2 Å². The number of alkyl halides is 3. The average Bonchev–Trinajstić information content (AvgIpc) is 2.17. The highest BCUT2D eigenvalue weighted by atomic mass is 19.4. The zero-order valence-corrected chi connectivity index (χ0v) is 8.36. The van der Waals surface area contributed by atoms with Crippen LogP contribution in [0, 0.1) is 0 Å². The first-order chi connectivity index (χ1) is 7.05. The van der Waals surface area contributed by atoms with Gasteiger partial charge in [-0.1, -0.05) is 12.1 Å². The van der Waals surface area contributed by atoms with Crippen LogP contribution in [0.15, 0.2) is 24.3 Å². The van der Waals surface area contributed by atoms with Gasteiger partial charge in [0.2, 0.25) is 0 Å². The molecule has 2 nitrogen and oxygen atoms in total. The van der Waals surface area contributed by atoms with E-state index in [0.717, 1.165) is 6.07 Å². The first kappa shape index (κ1) is 11.8. The lowest BCUT2D eigenvalue weighted by Gasteiger charge is -2.13. The molecule has 0 fully saturated rings. The number of likely N-dealkylation sites (N-methyl/N-ethyl adjacent to an activating group) is 1. The molecule has 0 unspecified atom stereocenters. The highest BCUT2D eigenvalue weighted by Crippen LogP contribution is 2.34. The van der Waals surface area contributed by atoms with Gasteiger partial charge in [-0.3, -0.25) is 0 Å². The van der Waals surface area contributed by atoms with Crippen LogP contribution in [0.25, 0.3) is 0 Å². The molecule has 0 atom stereocenters. The van der Waals surface area contributed by atoms with Crippen LogP contribution in [0.1, 0.15) is 5.56 Å². The van der Waals surface area contributed by atoms with Crippen molar-refractivity contribution in [1.29, 1.82) is 0 Å². The molecular formula is C10H13F3N2. The highest BCUT2D eigenvalue weighted by molar-refractivity contribution is 5.52. The van der Waals surface area contributed by atoms with Crippen LogP contribution in [0.3, 0.4) is 0 Å². The average molecular weight is 218 g/mol. The number of hydrogen-bond donors (Lipinski definition) is 2. The Morgan fingerprint density at radius 3 is 2.40 bits per heavy atom. The van der Waals surface area contributed by atoms with Crippen molar-refractivity contribution in [1.82, 2.24) is 5.32 Å². The third-order valence-electron chi connectivity index (χ3n) is 1.92. The summed E-state index contributed by atoms with van der Waals surface area (Å²) in [6, 6.07) is 5.46. The van der Waals surface area contributed by atoms with Crippen LogP contribution in [0.4, 0.5) is 18.9 Å². The molecule has 0 aliphatic carbocycles. The molecule has 0 amide bonds. The van der Waals surface area contributed by atoms with E-state index in [1.165, 1.54) is 12.1 Å². The fraction of sp³-hybridized carbons (Fsp3) is 0.400. The Balaban J connectivity index is 2.78. The summed E-state index contributed by atoms with van der Waals surface area (Å²) in [4.78, 5) is 0. The molecule has 1 aromatic carbocycles. The first-order valence-electron chi connectivity index (χ1n) is 4.60. The molecule has 5 heteroatoms. The SMILES string of the molecule is CNCCNc1ccccc1C(F)(F)F. The lowest BCUT2D eigenvalue weighted by atomic mass is 10.1. The van der Waals surface area contributed by atoms with Crippen LogP contribution >= 0.6 is 0 Å². The van der Waals surface area contributed by atoms with Crippen molar-refractivity contribution in [3.8, 4) is 0 Å². The number of para-hydroxylation sites is 1. The van der Waals surface area contributed by atoms with Crippen molar-refractivity contribution in [2.24, 2.45) is 0 Å². The molecule has 0 aliphatic heterocycles. The molecule has 0 saturated heterocycles. The maximum atomic E-state index is 12.5. The van der Waals surface area contributed by atoms with Gasteiger partial charge in [0.25, 0.3) is 0 Å². The third-order valence-corrected chi connectivity index (χ3v) is 1.92. The molecule has 0 radical (unpaired) electrons. The van der Waals surface area contributed by atoms with Crippen molar-refractivity contribution in [2.45, 2.75) is 6.18 Å². The summed E-state index contributed by atoms with van der Waals surface area (Å²) in [6.07, 6.45) is -4.30. The van der Waals surface area contributed by atoms with E-state index in [1.807, 2.05) is 0 Å². The third kappa shape index (κ3) is 3.43. The van der Waals surface area contributed by atoms with Crippen LogP contribution in [-0.4, -0.2) is 20.1 Å². The van der Waals surface area contributed by atoms with Gasteiger partial charge in [-0.25, -0.2) is 0 Å². The lowest BCUT2D eigenvalue weighted by molar-refractivity contribution is -0.136. The van der Waals surface area contributed by atoms with Gasteiger partial charge in [-0.15, -0.1) is 0 Å².